The fourth-order valence-electron chi connectivity index (χ4n) is 1.66. The molecule has 0 aromatic rings. The van der Waals surface area contributed by atoms with Crippen LogP contribution in [-0.2, 0) is 0 Å². The van der Waals surface area contributed by atoms with Crippen molar-refractivity contribution in [3.63, 3.8) is 0 Å². The summed E-state index contributed by atoms with van der Waals surface area (Å²) >= 11 is 0. The van der Waals surface area contributed by atoms with Gasteiger partial charge in [0.05, 0.1) is 0 Å². The van der Waals surface area contributed by atoms with Crippen molar-refractivity contribution in [1.82, 2.24) is 5.32 Å². The average molecular weight is 141 g/mol. The summed E-state index contributed by atoms with van der Waals surface area (Å²) in [6.07, 6.45) is 2.68. The molecule has 1 saturated heterocycles. The van der Waals surface area contributed by atoms with Crippen LogP contribution in [0.1, 0.15) is 40.5 Å². The normalized spacial score (nSPS) is 31.5. The van der Waals surface area contributed by atoms with E-state index in [9.17, 15) is 0 Å². The SMILES string of the molecule is CC(C)[C@H]1CCC(C)(C)N1. The van der Waals surface area contributed by atoms with Gasteiger partial charge in [-0.1, -0.05) is 13.8 Å². The monoisotopic (exact) mass is 141 g/mol. The van der Waals surface area contributed by atoms with Crippen molar-refractivity contribution >= 4 is 0 Å². The molecular weight excluding hydrogens is 122 g/mol. The van der Waals surface area contributed by atoms with Crippen molar-refractivity contribution < 1.29 is 0 Å². The van der Waals surface area contributed by atoms with Crippen molar-refractivity contribution in [3.8, 4) is 0 Å². The quantitative estimate of drug-likeness (QED) is 0.590. The summed E-state index contributed by atoms with van der Waals surface area (Å²) in [5.41, 5.74) is 0.398. The third kappa shape index (κ3) is 1.72. The second kappa shape index (κ2) is 2.54. The lowest BCUT2D eigenvalue weighted by Gasteiger charge is -2.22. The van der Waals surface area contributed by atoms with Crippen LogP contribution in [0.4, 0.5) is 0 Å². The van der Waals surface area contributed by atoms with Gasteiger partial charge in [0.15, 0.2) is 0 Å². The maximum absolute atomic E-state index is 3.63. The Balaban J connectivity index is 2.43. The van der Waals surface area contributed by atoms with Crippen molar-refractivity contribution in [2.24, 2.45) is 5.92 Å². The Labute approximate surface area is 64.2 Å². The van der Waals surface area contributed by atoms with E-state index in [1.807, 2.05) is 0 Å². The molecule has 0 unspecified atom stereocenters. The van der Waals surface area contributed by atoms with E-state index in [1.165, 1.54) is 12.8 Å². The van der Waals surface area contributed by atoms with Crippen LogP contribution >= 0.6 is 0 Å². The van der Waals surface area contributed by atoms with Gasteiger partial charge in [0.2, 0.25) is 0 Å². The van der Waals surface area contributed by atoms with E-state index in [-0.39, 0.29) is 0 Å². The first-order chi connectivity index (χ1) is 4.51. The highest BCUT2D eigenvalue weighted by Crippen LogP contribution is 2.25. The maximum Gasteiger partial charge on any atom is 0.0128 e. The van der Waals surface area contributed by atoms with Gasteiger partial charge in [-0.2, -0.15) is 0 Å². The van der Waals surface area contributed by atoms with E-state index in [4.69, 9.17) is 0 Å². The van der Waals surface area contributed by atoms with Gasteiger partial charge >= 0.3 is 0 Å². The van der Waals surface area contributed by atoms with E-state index in [1.54, 1.807) is 0 Å². The van der Waals surface area contributed by atoms with Gasteiger partial charge in [-0.3, -0.25) is 0 Å². The third-order valence-corrected chi connectivity index (χ3v) is 2.46. The lowest BCUT2D eigenvalue weighted by molar-refractivity contribution is 0.379. The van der Waals surface area contributed by atoms with Gasteiger partial charge in [-0.05, 0) is 32.6 Å². The molecule has 1 heteroatoms. The van der Waals surface area contributed by atoms with Gasteiger partial charge in [0, 0.05) is 11.6 Å². The highest BCUT2D eigenvalue weighted by Gasteiger charge is 2.30. The van der Waals surface area contributed by atoms with Crippen LogP contribution in [0.5, 0.6) is 0 Å². The van der Waals surface area contributed by atoms with Crippen LogP contribution in [0.2, 0.25) is 0 Å². The summed E-state index contributed by atoms with van der Waals surface area (Å²) in [5, 5.41) is 3.63. The van der Waals surface area contributed by atoms with Gasteiger partial charge in [0.25, 0.3) is 0 Å². The molecule has 0 aliphatic carbocycles. The summed E-state index contributed by atoms with van der Waals surface area (Å²) in [5.74, 6) is 0.793. The molecule has 1 atom stereocenters. The molecule has 1 fully saturated rings. The highest BCUT2D eigenvalue weighted by molar-refractivity contribution is 4.91. The molecule has 1 N–H and O–H groups in total. The molecule has 0 saturated carbocycles. The second-order valence-electron chi connectivity index (χ2n) is 4.42. The Kier molecular flexibility index (Phi) is 2.04. The molecular formula is C9H19N. The predicted molar refractivity (Wildman–Crippen MR) is 45.1 cm³/mol. The highest BCUT2D eigenvalue weighted by atomic mass is 15.0. The van der Waals surface area contributed by atoms with Crippen molar-refractivity contribution in [2.75, 3.05) is 0 Å². The minimum atomic E-state index is 0.398. The molecule has 0 bridgehead atoms. The lowest BCUT2D eigenvalue weighted by Crippen LogP contribution is -2.39. The molecule has 0 amide bonds. The van der Waals surface area contributed by atoms with E-state index < -0.39 is 0 Å². The number of nitrogens with one attached hydrogen (secondary N) is 1. The zero-order valence-electron chi connectivity index (χ0n) is 7.57. The van der Waals surface area contributed by atoms with Gasteiger partial charge in [-0.25, -0.2) is 0 Å². The molecule has 1 heterocycles. The van der Waals surface area contributed by atoms with Crippen LogP contribution in [0.3, 0.4) is 0 Å². The molecule has 0 aromatic carbocycles. The zero-order chi connectivity index (χ0) is 7.78. The molecule has 1 nitrogen and oxygen atoms in total. The molecule has 0 radical (unpaired) electrons. The number of rotatable bonds is 1. The minimum absolute atomic E-state index is 0.398. The average Bonchev–Trinajstić information content (AvgIpc) is 2.10. The first-order valence-electron chi connectivity index (χ1n) is 4.29. The van der Waals surface area contributed by atoms with Gasteiger partial charge in [-0.15, -0.1) is 0 Å². The first-order valence-corrected chi connectivity index (χ1v) is 4.29. The largest absolute Gasteiger partial charge is 0.309 e. The predicted octanol–water partition coefficient (Wildman–Crippen LogP) is 2.17. The third-order valence-electron chi connectivity index (χ3n) is 2.46. The van der Waals surface area contributed by atoms with Crippen molar-refractivity contribution in [2.45, 2.75) is 52.1 Å². The summed E-state index contributed by atoms with van der Waals surface area (Å²) in [7, 11) is 0. The smallest absolute Gasteiger partial charge is 0.0128 e. The lowest BCUT2D eigenvalue weighted by atomic mass is 10.0. The fourth-order valence-corrected chi connectivity index (χ4v) is 1.66. The molecule has 0 spiro atoms. The molecule has 0 aromatic heterocycles. The summed E-state index contributed by atoms with van der Waals surface area (Å²) in [6, 6.07) is 0.759. The summed E-state index contributed by atoms with van der Waals surface area (Å²) < 4.78 is 0. The summed E-state index contributed by atoms with van der Waals surface area (Å²) in [6.45, 7) is 9.16. The van der Waals surface area contributed by atoms with Crippen molar-refractivity contribution in [1.29, 1.82) is 0 Å². The van der Waals surface area contributed by atoms with Gasteiger partial charge < -0.3 is 5.32 Å². The van der Waals surface area contributed by atoms with Crippen LogP contribution in [0.15, 0.2) is 0 Å². The Morgan fingerprint density at radius 2 is 2.00 bits per heavy atom. The van der Waals surface area contributed by atoms with E-state index in [0.717, 1.165) is 12.0 Å². The Morgan fingerprint density at radius 1 is 1.40 bits per heavy atom. The van der Waals surface area contributed by atoms with Gasteiger partial charge in [0.1, 0.15) is 0 Å². The fraction of sp³-hybridized carbons (Fsp3) is 1.00. The zero-order valence-corrected chi connectivity index (χ0v) is 7.57. The minimum Gasteiger partial charge on any atom is -0.309 e. The number of hydrogen-bond acceptors (Lipinski definition) is 1. The topological polar surface area (TPSA) is 12.0 Å². The van der Waals surface area contributed by atoms with E-state index in [2.05, 4.69) is 33.0 Å². The van der Waals surface area contributed by atoms with Crippen LogP contribution in [0, 0.1) is 5.92 Å². The second-order valence-corrected chi connectivity index (χ2v) is 4.42. The molecule has 1 rings (SSSR count). The Bertz CT molecular complexity index is 116. The number of hydrogen-bond donors (Lipinski definition) is 1. The van der Waals surface area contributed by atoms with Crippen LogP contribution in [0.25, 0.3) is 0 Å². The van der Waals surface area contributed by atoms with E-state index >= 15 is 0 Å². The Morgan fingerprint density at radius 3 is 2.20 bits per heavy atom. The van der Waals surface area contributed by atoms with Crippen LogP contribution in [-0.4, -0.2) is 11.6 Å². The molecule has 60 valence electrons. The maximum atomic E-state index is 3.63. The molecule has 1 aliphatic rings. The standard InChI is InChI=1S/C9H19N/c1-7(2)8-5-6-9(3,4)10-8/h7-8,10H,5-6H2,1-4H3/t8-/m1/s1. The van der Waals surface area contributed by atoms with E-state index in [0.29, 0.717) is 5.54 Å². The Hall–Kier alpha value is -0.0400. The van der Waals surface area contributed by atoms with Crippen molar-refractivity contribution in [3.05, 3.63) is 0 Å². The molecule has 10 heavy (non-hydrogen) atoms. The molecule has 1 aliphatic heterocycles. The summed E-state index contributed by atoms with van der Waals surface area (Å²) in [4.78, 5) is 0. The first kappa shape index (κ1) is 8.06. The van der Waals surface area contributed by atoms with Crippen LogP contribution < -0.4 is 5.32 Å².